The Morgan fingerprint density at radius 1 is 1.03 bits per heavy atom. The van der Waals surface area contributed by atoms with E-state index in [0.29, 0.717) is 44.4 Å². The van der Waals surface area contributed by atoms with Crippen molar-refractivity contribution in [2.24, 2.45) is 0 Å². The first-order valence-corrected chi connectivity index (χ1v) is 10.1. The molecule has 1 aliphatic heterocycles. The van der Waals surface area contributed by atoms with Gasteiger partial charge in [-0.15, -0.1) is 0 Å². The number of nitrogens with zero attached hydrogens (tertiary/aromatic N) is 4. The zero-order chi connectivity index (χ0) is 22.6. The van der Waals surface area contributed by atoms with Crippen molar-refractivity contribution in [2.45, 2.75) is 19.1 Å². The molecule has 2 heterocycles. The molecule has 0 atom stereocenters. The van der Waals surface area contributed by atoms with Crippen molar-refractivity contribution in [1.82, 2.24) is 19.9 Å². The van der Waals surface area contributed by atoms with E-state index in [2.05, 4.69) is 15.0 Å². The van der Waals surface area contributed by atoms with E-state index < -0.39 is 17.8 Å². The summed E-state index contributed by atoms with van der Waals surface area (Å²) in [4.78, 5) is 20.4. The van der Waals surface area contributed by atoms with Crippen LogP contribution in [0.5, 0.6) is 5.75 Å². The summed E-state index contributed by atoms with van der Waals surface area (Å²) >= 11 is 0. The van der Waals surface area contributed by atoms with Crippen LogP contribution in [0.25, 0.3) is 11.4 Å². The summed E-state index contributed by atoms with van der Waals surface area (Å²) in [5, 5.41) is 3.82. The zero-order valence-electron chi connectivity index (χ0n) is 17.1. The van der Waals surface area contributed by atoms with E-state index in [1.54, 1.807) is 29.2 Å². The van der Waals surface area contributed by atoms with Gasteiger partial charge in [0.1, 0.15) is 5.75 Å². The Hall–Kier alpha value is -3.40. The summed E-state index contributed by atoms with van der Waals surface area (Å²) in [7, 11) is 0. The quantitative estimate of drug-likeness (QED) is 0.589. The van der Waals surface area contributed by atoms with Gasteiger partial charge in [-0.05, 0) is 30.7 Å². The van der Waals surface area contributed by atoms with Gasteiger partial charge in [0, 0.05) is 31.7 Å². The number of hydrogen-bond acceptors (Lipinski definition) is 6. The van der Waals surface area contributed by atoms with Crippen LogP contribution in [0, 0.1) is 0 Å². The van der Waals surface area contributed by atoms with E-state index >= 15 is 0 Å². The number of benzene rings is 2. The first-order chi connectivity index (χ1) is 15.4. The molecule has 168 valence electrons. The minimum atomic E-state index is -4.44. The van der Waals surface area contributed by atoms with Crippen molar-refractivity contribution >= 4 is 6.09 Å². The highest BCUT2D eigenvalue weighted by atomic mass is 19.4. The van der Waals surface area contributed by atoms with Crippen LogP contribution >= 0.6 is 0 Å². The molecule has 1 aliphatic rings. The number of alkyl halides is 3. The SMILES string of the molecule is O=C(Oc1ccccc1)N1CCCN(Cc2nc(-c3cccc(C(F)(F)F)c3)no2)CC1. The second kappa shape index (κ2) is 9.39. The maximum Gasteiger partial charge on any atom is 0.416 e. The van der Waals surface area contributed by atoms with Gasteiger partial charge in [-0.2, -0.15) is 18.2 Å². The number of rotatable bonds is 4. The van der Waals surface area contributed by atoms with Crippen LogP contribution in [0.15, 0.2) is 59.1 Å². The van der Waals surface area contributed by atoms with Gasteiger partial charge in [-0.1, -0.05) is 35.5 Å². The van der Waals surface area contributed by atoms with Crippen molar-refractivity contribution in [1.29, 1.82) is 0 Å². The van der Waals surface area contributed by atoms with E-state index in [1.807, 2.05) is 6.07 Å². The average molecular weight is 446 g/mol. The van der Waals surface area contributed by atoms with Crippen molar-refractivity contribution in [3.8, 4) is 17.1 Å². The van der Waals surface area contributed by atoms with E-state index in [-0.39, 0.29) is 11.4 Å². The van der Waals surface area contributed by atoms with E-state index in [1.165, 1.54) is 12.1 Å². The Morgan fingerprint density at radius 3 is 2.62 bits per heavy atom. The first kappa shape index (κ1) is 21.8. The highest BCUT2D eigenvalue weighted by molar-refractivity contribution is 5.70. The van der Waals surface area contributed by atoms with Gasteiger partial charge in [-0.3, -0.25) is 4.90 Å². The molecule has 32 heavy (non-hydrogen) atoms. The number of amides is 1. The van der Waals surface area contributed by atoms with Crippen LogP contribution in [0.2, 0.25) is 0 Å². The molecule has 0 aliphatic carbocycles. The Morgan fingerprint density at radius 2 is 1.84 bits per heavy atom. The molecule has 10 heteroatoms. The van der Waals surface area contributed by atoms with E-state index in [4.69, 9.17) is 9.26 Å². The lowest BCUT2D eigenvalue weighted by Gasteiger charge is -2.20. The summed E-state index contributed by atoms with van der Waals surface area (Å²) in [5.41, 5.74) is -0.531. The molecule has 0 spiro atoms. The fourth-order valence-electron chi connectivity index (χ4n) is 3.43. The molecule has 0 unspecified atom stereocenters. The molecule has 0 bridgehead atoms. The van der Waals surface area contributed by atoms with E-state index in [0.717, 1.165) is 18.6 Å². The third kappa shape index (κ3) is 5.44. The second-order valence-electron chi connectivity index (χ2n) is 7.39. The highest BCUT2D eigenvalue weighted by Crippen LogP contribution is 2.31. The van der Waals surface area contributed by atoms with Gasteiger partial charge in [0.2, 0.25) is 11.7 Å². The van der Waals surface area contributed by atoms with E-state index in [9.17, 15) is 18.0 Å². The smallest absolute Gasteiger partial charge is 0.410 e. The maximum atomic E-state index is 12.9. The third-order valence-corrected chi connectivity index (χ3v) is 5.07. The number of para-hydroxylation sites is 1. The van der Waals surface area contributed by atoms with Crippen molar-refractivity contribution in [3.63, 3.8) is 0 Å². The Bertz CT molecular complexity index is 1060. The number of aromatic nitrogens is 2. The average Bonchev–Trinajstić information content (AvgIpc) is 3.11. The molecule has 1 amide bonds. The van der Waals surface area contributed by atoms with Crippen LogP contribution in [0.4, 0.5) is 18.0 Å². The largest absolute Gasteiger partial charge is 0.416 e. The molecule has 1 aromatic heterocycles. The number of carbonyl (C=O) groups excluding carboxylic acids is 1. The van der Waals surface area contributed by atoms with Crippen LogP contribution in [0.1, 0.15) is 17.9 Å². The van der Waals surface area contributed by atoms with Gasteiger partial charge >= 0.3 is 12.3 Å². The predicted molar refractivity (Wildman–Crippen MR) is 109 cm³/mol. The van der Waals surface area contributed by atoms with Gasteiger partial charge < -0.3 is 14.2 Å². The lowest BCUT2D eigenvalue weighted by Crippen LogP contribution is -2.37. The van der Waals surface area contributed by atoms with Crippen molar-refractivity contribution in [2.75, 3.05) is 26.2 Å². The summed E-state index contributed by atoms with van der Waals surface area (Å²) in [6, 6.07) is 13.7. The van der Waals surface area contributed by atoms with Crippen LogP contribution in [0.3, 0.4) is 0 Å². The molecule has 0 saturated carbocycles. The van der Waals surface area contributed by atoms with Crippen molar-refractivity contribution < 1.29 is 27.2 Å². The predicted octanol–water partition coefficient (Wildman–Crippen LogP) is 4.46. The minimum absolute atomic E-state index is 0.106. The Kier molecular flexibility index (Phi) is 6.40. The van der Waals surface area contributed by atoms with Crippen LogP contribution in [-0.4, -0.2) is 52.2 Å². The van der Waals surface area contributed by atoms with Crippen LogP contribution < -0.4 is 4.74 Å². The van der Waals surface area contributed by atoms with Crippen molar-refractivity contribution in [3.05, 3.63) is 66.1 Å². The summed E-state index contributed by atoms with van der Waals surface area (Å²) in [6.07, 6.45) is -4.11. The minimum Gasteiger partial charge on any atom is -0.410 e. The number of carbonyl (C=O) groups is 1. The molecule has 0 radical (unpaired) electrons. The highest BCUT2D eigenvalue weighted by Gasteiger charge is 2.31. The lowest BCUT2D eigenvalue weighted by molar-refractivity contribution is -0.137. The molecule has 3 aromatic rings. The van der Waals surface area contributed by atoms with Gasteiger partial charge in [0.25, 0.3) is 0 Å². The number of hydrogen-bond donors (Lipinski definition) is 0. The molecule has 7 nitrogen and oxygen atoms in total. The molecular formula is C22H21F3N4O3. The normalized spacial score (nSPS) is 15.4. The fourth-order valence-corrected chi connectivity index (χ4v) is 3.43. The molecule has 1 saturated heterocycles. The van der Waals surface area contributed by atoms with Gasteiger partial charge in [-0.25, -0.2) is 4.79 Å². The standard InChI is InChI=1S/C22H21F3N4O3/c23-22(24,25)17-7-4-6-16(14-17)20-26-19(32-27-20)15-28-10-5-11-29(13-12-28)21(30)31-18-8-2-1-3-9-18/h1-4,6-9,14H,5,10-13,15H2. The monoisotopic (exact) mass is 446 g/mol. The summed E-state index contributed by atoms with van der Waals surface area (Å²) < 4.78 is 49.5. The van der Waals surface area contributed by atoms with Gasteiger partial charge in [0.15, 0.2) is 0 Å². The molecule has 4 rings (SSSR count). The topological polar surface area (TPSA) is 71.7 Å². The van der Waals surface area contributed by atoms with Crippen LogP contribution in [-0.2, 0) is 12.7 Å². The van der Waals surface area contributed by atoms with Gasteiger partial charge in [0.05, 0.1) is 12.1 Å². The molecular weight excluding hydrogens is 425 g/mol. The lowest BCUT2D eigenvalue weighted by atomic mass is 10.1. The zero-order valence-corrected chi connectivity index (χ0v) is 17.1. The number of ether oxygens (including phenoxy) is 1. The Balaban J connectivity index is 1.35. The second-order valence-corrected chi connectivity index (χ2v) is 7.39. The maximum absolute atomic E-state index is 12.9. The molecule has 0 N–H and O–H groups in total. The summed E-state index contributed by atoms with van der Waals surface area (Å²) in [5.74, 6) is 0.901. The Labute approximate surface area is 182 Å². The number of halogens is 3. The molecule has 1 fully saturated rings. The first-order valence-electron chi connectivity index (χ1n) is 10.1. The summed E-state index contributed by atoms with van der Waals surface area (Å²) in [6.45, 7) is 2.65. The fraction of sp³-hybridized carbons (Fsp3) is 0.318. The molecule has 2 aromatic carbocycles. The third-order valence-electron chi connectivity index (χ3n) is 5.07.